The summed E-state index contributed by atoms with van der Waals surface area (Å²) in [5.74, 6) is -0.978. The van der Waals surface area contributed by atoms with E-state index in [9.17, 15) is 18.0 Å². The lowest BCUT2D eigenvalue weighted by Gasteiger charge is -2.34. The van der Waals surface area contributed by atoms with Gasteiger partial charge in [-0.05, 0) is 18.9 Å². The predicted octanol–water partition coefficient (Wildman–Crippen LogP) is 4.06. The van der Waals surface area contributed by atoms with E-state index in [0.29, 0.717) is 24.5 Å². The second-order valence-electron chi connectivity index (χ2n) is 8.40. The molecule has 1 aromatic heterocycles. The zero-order chi connectivity index (χ0) is 20.3. The second kappa shape index (κ2) is 5.96. The fraction of sp³-hybridized carbons (Fsp3) is 0.526. The maximum absolute atomic E-state index is 13.0. The Bertz CT molecular complexity index is 926. The van der Waals surface area contributed by atoms with Crippen molar-refractivity contribution >= 4 is 5.91 Å². The number of nitrogens with zero attached hydrogens (tertiary/aromatic N) is 3. The molecule has 1 spiro atoms. The molecule has 4 rings (SSSR count). The third-order valence-corrected chi connectivity index (χ3v) is 5.11. The van der Waals surface area contributed by atoms with E-state index in [1.165, 1.54) is 0 Å². The largest absolute Gasteiger partial charge is 0.491 e. The number of fused-ring (bicyclic) bond motifs is 1. The van der Waals surface area contributed by atoms with Gasteiger partial charge in [0.25, 0.3) is 0 Å². The topological polar surface area (TPSA) is 68.5 Å². The average molecular weight is 395 g/mol. The molecule has 1 saturated carbocycles. The standard InChI is InChI=1S/C19H20F3N3O3/c1-17(2,3)16(26)25-9-12-5-4-11(8-13(12)27-10-18(25)6-7-18)14-23-15(28-24-14)19(20,21)22/h4-5,8H,6-7,9-10H2,1-3H3. The summed E-state index contributed by atoms with van der Waals surface area (Å²) in [6.07, 6.45) is -2.95. The van der Waals surface area contributed by atoms with E-state index in [0.717, 1.165) is 18.4 Å². The predicted molar refractivity (Wildman–Crippen MR) is 92.2 cm³/mol. The molecular weight excluding hydrogens is 375 g/mol. The Morgan fingerprint density at radius 1 is 1.21 bits per heavy atom. The molecule has 9 heteroatoms. The van der Waals surface area contributed by atoms with Crippen molar-refractivity contribution in [3.63, 3.8) is 0 Å². The van der Waals surface area contributed by atoms with Crippen LogP contribution in [0.3, 0.4) is 0 Å². The summed E-state index contributed by atoms with van der Waals surface area (Å²) in [7, 11) is 0. The molecule has 0 N–H and O–H groups in total. The van der Waals surface area contributed by atoms with Crippen molar-refractivity contribution in [1.82, 2.24) is 15.0 Å². The van der Waals surface area contributed by atoms with Gasteiger partial charge in [0.2, 0.25) is 11.7 Å². The highest BCUT2D eigenvalue weighted by atomic mass is 19.4. The third kappa shape index (κ3) is 3.22. The minimum atomic E-state index is -4.69. The molecule has 0 radical (unpaired) electrons. The van der Waals surface area contributed by atoms with Gasteiger partial charge in [0.05, 0.1) is 12.1 Å². The van der Waals surface area contributed by atoms with Crippen molar-refractivity contribution in [2.75, 3.05) is 6.61 Å². The Hall–Kier alpha value is -2.58. The first kappa shape index (κ1) is 18.8. The lowest BCUT2D eigenvalue weighted by atomic mass is 9.93. The van der Waals surface area contributed by atoms with Gasteiger partial charge in [-0.2, -0.15) is 18.2 Å². The minimum absolute atomic E-state index is 0.0542. The van der Waals surface area contributed by atoms with E-state index in [-0.39, 0.29) is 17.3 Å². The zero-order valence-electron chi connectivity index (χ0n) is 15.8. The van der Waals surface area contributed by atoms with Gasteiger partial charge in [0, 0.05) is 16.5 Å². The van der Waals surface area contributed by atoms with E-state index in [1.807, 2.05) is 25.7 Å². The lowest BCUT2D eigenvalue weighted by Crippen LogP contribution is -2.48. The SMILES string of the molecule is CC(C)(C)C(=O)N1Cc2ccc(-c3noc(C(F)(F)F)n3)cc2OCC12CC2. The van der Waals surface area contributed by atoms with Crippen LogP contribution in [0.4, 0.5) is 13.2 Å². The van der Waals surface area contributed by atoms with Crippen LogP contribution in [0.2, 0.25) is 0 Å². The van der Waals surface area contributed by atoms with Crippen LogP contribution in [0.1, 0.15) is 45.1 Å². The van der Waals surface area contributed by atoms with E-state index < -0.39 is 17.5 Å². The first-order chi connectivity index (χ1) is 13.0. The quantitative estimate of drug-likeness (QED) is 0.729. The number of alkyl halides is 3. The van der Waals surface area contributed by atoms with E-state index in [2.05, 4.69) is 14.7 Å². The molecule has 1 fully saturated rings. The zero-order valence-corrected chi connectivity index (χ0v) is 15.8. The molecule has 6 nitrogen and oxygen atoms in total. The molecule has 2 heterocycles. The van der Waals surface area contributed by atoms with Gasteiger partial charge >= 0.3 is 12.1 Å². The summed E-state index contributed by atoms with van der Waals surface area (Å²) in [6.45, 7) is 6.40. The van der Waals surface area contributed by atoms with Crippen LogP contribution >= 0.6 is 0 Å². The van der Waals surface area contributed by atoms with Crippen molar-refractivity contribution in [2.24, 2.45) is 5.41 Å². The smallest absolute Gasteiger partial charge is 0.471 e. The highest BCUT2D eigenvalue weighted by Gasteiger charge is 2.53. The fourth-order valence-electron chi connectivity index (χ4n) is 3.29. The summed E-state index contributed by atoms with van der Waals surface area (Å²) in [5, 5.41) is 3.42. The average Bonchev–Trinajstić information content (AvgIpc) is 3.25. The minimum Gasteiger partial charge on any atom is -0.491 e. The van der Waals surface area contributed by atoms with Crippen LogP contribution < -0.4 is 4.74 Å². The Labute approximate surface area is 159 Å². The van der Waals surface area contributed by atoms with Crippen LogP contribution in [0, 0.1) is 5.41 Å². The molecule has 0 bridgehead atoms. The molecule has 1 aliphatic heterocycles. The normalized spacial score (nSPS) is 18.4. The van der Waals surface area contributed by atoms with Crippen LogP contribution in [-0.2, 0) is 17.5 Å². The van der Waals surface area contributed by atoms with Gasteiger partial charge in [-0.1, -0.05) is 38.1 Å². The number of hydrogen-bond donors (Lipinski definition) is 0. The number of ether oxygens (including phenoxy) is 1. The molecule has 0 atom stereocenters. The van der Waals surface area contributed by atoms with Gasteiger partial charge in [0.1, 0.15) is 12.4 Å². The first-order valence-corrected chi connectivity index (χ1v) is 8.99. The van der Waals surface area contributed by atoms with Gasteiger partial charge in [-0.25, -0.2) is 0 Å². The van der Waals surface area contributed by atoms with Crippen LogP contribution in [0.5, 0.6) is 5.75 Å². The Kier molecular flexibility index (Phi) is 3.99. The molecule has 1 aliphatic carbocycles. The third-order valence-electron chi connectivity index (χ3n) is 5.11. The number of amides is 1. The molecular formula is C19H20F3N3O3. The van der Waals surface area contributed by atoms with Crippen LogP contribution in [0.25, 0.3) is 11.4 Å². The number of rotatable bonds is 1. The fourth-order valence-corrected chi connectivity index (χ4v) is 3.29. The first-order valence-electron chi connectivity index (χ1n) is 8.99. The van der Waals surface area contributed by atoms with Crippen molar-refractivity contribution in [1.29, 1.82) is 0 Å². The van der Waals surface area contributed by atoms with Crippen molar-refractivity contribution in [3.05, 3.63) is 29.7 Å². The van der Waals surface area contributed by atoms with E-state index in [4.69, 9.17) is 4.74 Å². The Morgan fingerprint density at radius 3 is 2.50 bits per heavy atom. The van der Waals surface area contributed by atoms with Crippen molar-refractivity contribution in [3.8, 4) is 17.1 Å². The number of halogens is 3. The van der Waals surface area contributed by atoms with E-state index >= 15 is 0 Å². The molecule has 28 heavy (non-hydrogen) atoms. The monoisotopic (exact) mass is 395 g/mol. The summed E-state index contributed by atoms with van der Waals surface area (Å²) in [5.41, 5.74) is 0.334. The number of hydrogen-bond acceptors (Lipinski definition) is 5. The molecule has 0 unspecified atom stereocenters. The maximum Gasteiger partial charge on any atom is 0.471 e. The van der Waals surface area contributed by atoms with Crippen LogP contribution in [-0.4, -0.2) is 33.1 Å². The number of aromatic nitrogens is 2. The molecule has 2 aliphatic rings. The number of carbonyl (C=O) groups is 1. The maximum atomic E-state index is 13.0. The summed E-state index contributed by atoms with van der Waals surface area (Å²) >= 11 is 0. The molecule has 2 aromatic rings. The molecule has 1 aromatic carbocycles. The van der Waals surface area contributed by atoms with Gasteiger partial charge in [-0.3, -0.25) is 4.79 Å². The molecule has 0 saturated heterocycles. The summed E-state index contributed by atoms with van der Waals surface area (Å²) in [4.78, 5) is 18.3. The van der Waals surface area contributed by atoms with Gasteiger partial charge < -0.3 is 14.2 Å². The second-order valence-corrected chi connectivity index (χ2v) is 8.40. The summed E-state index contributed by atoms with van der Waals surface area (Å²) in [6, 6.07) is 4.94. The van der Waals surface area contributed by atoms with Gasteiger partial charge in [0.15, 0.2) is 0 Å². The van der Waals surface area contributed by atoms with E-state index in [1.54, 1.807) is 18.2 Å². The number of carbonyl (C=O) groups excluding carboxylic acids is 1. The summed E-state index contributed by atoms with van der Waals surface area (Å²) < 4.78 is 48.3. The van der Waals surface area contributed by atoms with Crippen molar-refractivity contribution < 1.29 is 27.2 Å². The highest BCUT2D eigenvalue weighted by Crippen LogP contribution is 2.47. The lowest BCUT2D eigenvalue weighted by molar-refractivity contribution is -0.159. The van der Waals surface area contributed by atoms with Crippen LogP contribution in [0.15, 0.2) is 22.7 Å². The number of benzene rings is 1. The molecule has 150 valence electrons. The molecule has 1 amide bonds. The van der Waals surface area contributed by atoms with Gasteiger partial charge in [-0.15, -0.1) is 0 Å². The Balaban J connectivity index is 1.65. The Morgan fingerprint density at radius 2 is 1.93 bits per heavy atom. The highest BCUT2D eigenvalue weighted by molar-refractivity contribution is 5.83. The van der Waals surface area contributed by atoms with Crippen molar-refractivity contribution in [2.45, 2.75) is 51.9 Å².